The Morgan fingerprint density at radius 1 is 0.292 bits per heavy atom. The molecule has 0 aliphatic carbocycles. The molecule has 5 nitrogen and oxygen atoms in total. The Hall–Kier alpha value is -8.28. The fourth-order valence-electron chi connectivity index (χ4n) is 8.30. The van der Waals surface area contributed by atoms with E-state index < -0.39 is 0 Å². The summed E-state index contributed by atoms with van der Waals surface area (Å²) in [5, 5.41) is 0. The van der Waals surface area contributed by atoms with Crippen molar-refractivity contribution in [1.29, 1.82) is 0 Å². The second-order valence-electron chi connectivity index (χ2n) is 15.9. The third kappa shape index (κ3) is 8.73. The molecule has 0 N–H and O–H groups in total. The van der Waals surface area contributed by atoms with Crippen LogP contribution in [0.25, 0.3) is 90.1 Å². The molecule has 0 bridgehead atoms. The van der Waals surface area contributed by atoms with E-state index in [-0.39, 0.29) is 0 Å². The lowest BCUT2D eigenvalue weighted by atomic mass is 9.97. The van der Waals surface area contributed by atoms with Gasteiger partial charge in [-0.3, -0.25) is 0 Å². The van der Waals surface area contributed by atoms with Crippen molar-refractivity contribution in [2.75, 3.05) is 0 Å². The van der Waals surface area contributed by atoms with Gasteiger partial charge in [-0.15, -0.1) is 0 Å². The number of rotatable bonds is 12. The van der Waals surface area contributed by atoms with Gasteiger partial charge >= 0.3 is 0 Å². The first-order valence-corrected chi connectivity index (χ1v) is 22.2. The zero-order valence-electron chi connectivity index (χ0n) is 36.4. The number of hydrogen-bond donors (Lipinski definition) is 0. The zero-order valence-corrected chi connectivity index (χ0v) is 36.4. The Morgan fingerprint density at radius 2 is 0.585 bits per heavy atom. The highest BCUT2D eigenvalue weighted by Crippen LogP contribution is 2.43. The molecule has 0 aliphatic heterocycles. The predicted octanol–water partition coefficient (Wildman–Crippen LogP) is 15.5. The highest BCUT2D eigenvalue weighted by Gasteiger charge is 2.19. The van der Waals surface area contributed by atoms with Gasteiger partial charge < -0.3 is 4.74 Å². The third-order valence-corrected chi connectivity index (χ3v) is 11.8. The number of ether oxygens (including phenoxy) is 1. The molecule has 0 atom stereocenters. The first-order chi connectivity index (χ1) is 32.1. The van der Waals surface area contributed by atoms with Crippen molar-refractivity contribution in [2.24, 2.45) is 0 Å². The Labute approximate surface area is 380 Å². The van der Waals surface area contributed by atoms with Crippen LogP contribution in [0.4, 0.5) is 0 Å². The quantitative estimate of drug-likeness (QED) is 0.123. The average Bonchev–Trinajstić information content (AvgIpc) is 3.39. The fourth-order valence-corrected chi connectivity index (χ4v) is 8.30. The van der Waals surface area contributed by atoms with Crippen LogP contribution < -0.4 is 4.74 Å². The Balaban J connectivity index is 0.995. The van der Waals surface area contributed by atoms with E-state index in [1.165, 1.54) is 0 Å². The smallest absolute Gasteiger partial charge is 0.160 e. The van der Waals surface area contributed by atoms with Crippen LogP contribution in [-0.4, -0.2) is 19.9 Å². The van der Waals surface area contributed by atoms with Crippen LogP contribution >= 0.6 is 0 Å². The van der Waals surface area contributed by atoms with Gasteiger partial charge in [0.15, 0.2) is 11.6 Å². The van der Waals surface area contributed by atoms with Crippen molar-refractivity contribution in [1.82, 2.24) is 19.9 Å². The Bertz CT molecular complexity index is 2870. The molecule has 2 aromatic heterocycles. The maximum atomic E-state index is 7.23. The van der Waals surface area contributed by atoms with E-state index in [0.717, 1.165) is 114 Å². The molecule has 10 rings (SSSR count). The summed E-state index contributed by atoms with van der Waals surface area (Å²) in [7, 11) is 0. The zero-order chi connectivity index (χ0) is 44.0. The third-order valence-electron chi connectivity index (χ3n) is 11.8. The largest absolute Gasteiger partial charge is 0.455 e. The standard InChI is InChI=1S/C60H46N4O/c1-3-41-27-17-29-51(43-31-35-49(36-32-43)59-61-53(45-19-9-5-10-20-45)39-54(62-59)46-21-11-6-12-22-46)57(41)65-58-42(4-2)28-18-30-52(58)44-33-37-50(38-34-44)60-63-55(47-23-13-7-14-24-47)40-56(64-60)48-25-15-8-16-26-48/h5-40H,3-4H2,1-2H3. The van der Waals surface area contributed by atoms with Crippen molar-refractivity contribution < 1.29 is 4.74 Å². The normalized spacial score (nSPS) is 11.0. The van der Waals surface area contributed by atoms with Crippen LogP contribution in [0.3, 0.4) is 0 Å². The predicted molar refractivity (Wildman–Crippen MR) is 266 cm³/mol. The molecule has 0 spiro atoms. The molecule has 0 fully saturated rings. The van der Waals surface area contributed by atoms with Crippen LogP contribution in [0.2, 0.25) is 0 Å². The van der Waals surface area contributed by atoms with E-state index in [9.17, 15) is 0 Å². The van der Waals surface area contributed by atoms with E-state index >= 15 is 0 Å². The lowest BCUT2D eigenvalue weighted by Gasteiger charge is -2.20. The number of aryl methyl sites for hydroxylation is 2. The minimum Gasteiger partial charge on any atom is -0.455 e. The van der Waals surface area contributed by atoms with E-state index in [1.54, 1.807) is 0 Å². The number of para-hydroxylation sites is 2. The second kappa shape index (κ2) is 18.6. The van der Waals surface area contributed by atoms with E-state index in [1.807, 2.05) is 72.8 Å². The molecular weight excluding hydrogens is 793 g/mol. The summed E-state index contributed by atoms with van der Waals surface area (Å²) in [5.74, 6) is 3.06. The molecule has 312 valence electrons. The van der Waals surface area contributed by atoms with E-state index in [0.29, 0.717) is 11.6 Å². The lowest BCUT2D eigenvalue weighted by molar-refractivity contribution is 0.475. The monoisotopic (exact) mass is 838 g/mol. The van der Waals surface area contributed by atoms with Crippen molar-refractivity contribution in [3.05, 3.63) is 230 Å². The fraction of sp³-hybridized carbons (Fsp3) is 0.0667. The van der Waals surface area contributed by atoms with Gasteiger partial charge in [0.25, 0.3) is 0 Å². The number of nitrogens with zero attached hydrogens (tertiary/aromatic N) is 4. The minimum absolute atomic E-state index is 0.676. The molecule has 0 aliphatic rings. The maximum absolute atomic E-state index is 7.23. The summed E-state index contributed by atoms with van der Waals surface area (Å²) in [5.41, 5.74) is 16.0. The molecule has 0 unspecified atom stereocenters. The maximum Gasteiger partial charge on any atom is 0.160 e. The van der Waals surface area contributed by atoms with E-state index in [4.69, 9.17) is 24.7 Å². The van der Waals surface area contributed by atoms with Crippen LogP contribution in [0.15, 0.2) is 218 Å². The number of aromatic nitrogens is 4. The van der Waals surface area contributed by atoms with Gasteiger partial charge in [-0.1, -0.05) is 220 Å². The summed E-state index contributed by atoms with van der Waals surface area (Å²) in [6, 6.07) is 75.2. The SMILES string of the molecule is CCc1cccc(-c2ccc(-c3nc(-c4ccccc4)cc(-c4ccccc4)n3)cc2)c1Oc1c(CC)cccc1-c1ccc(-c2nc(-c3ccccc3)cc(-c3ccccc3)n2)cc1. The first kappa shape index (κ1) is 40.8. The second-order valence-corrected chi connectivity index (χ2v) is 15.9. The summed E-state index contributed by atoms with van der Waals surface area (Å²) in [6.45, 7) is 4.36. The molecule has 2 heterocycles. The van der Waals surface area contributed by atoms with Crippen LogP contribution in [0.1, 0.15) is 25.0 Å². The van der Waals surface area contributed by atoms with Gasteiger partial charge in [-0.05, 0) is 47.2 Å². The van der Waals surface area contributed by atoms with Crippen LogP contribution in [-0.2, 0) is 12.8 Å². The van der Waals surface area contributed by atoms with Gasteiger partial charge in [-0.25, -0.2) is 19.9 Å². The molecule has 0 amide bonds. The van der Waals surface area contributed by atoms with E-state index in [2.05, 4.69) is 159 Å². The summed E-state index contributed by atoms with van der Waals surface area (Å²) < 4.78 is 7.23. The van der Waals surface area contributed by atoms with Gasteiger partial charge in [0.05, 0.1) is 22.8 Å². The summed E-state index contributed by atoms with van der Waals surface area (Å²) >= 11 is 0. The van der Waals surface area contributed by atoms with Crippen molar-refractivity contribution >= 4 is 0 Å². The molecule has 0 saturated heterocycles. The minimum atomic E-state index is 0.676. The lowest BCUT2D eigenvalue weighted by Crippen LogP contribution is -1.99. The molecule has 8 aromatic carbocycles. The topological polar surface area (TPSA) is 60.8 Å². The molecule has 0 saturated carbocycles. The van der Waals surface area contributed by atoms with Crippen LogP contribution in [0, 0.1) is 0 Å². The number of benzene rings is 8. The van der Waals surface area contributed by atoms with Crippen molar-refractivity contribution in [3.63, 3.8) is 0 Å². The molecule has 5 heteroatoms. The molecular formula is C60H46N4O. The van der Waals surface area contributed by atoms with Crippen molar-refractivity contribution in [3.8, 4) is 102 Å². The molecule has 0 radical (unpaired) electrons. The summed E-state index contributed by atoms with van der Waals surface area (Å²) in [4.78, 5) is 20.3. The van der Waals surface area contributed by atoms with Gasteiger partial charge in [0.1, 0.15) is 11.5 Å². The van der Waals surface area contributed by atoms with Gasteiger partial charge in [0, 0.05) is 44.5 Å². The average molecular weight is 839 g/mol. The summed E-state index contributed by atoms with van der Waals surface area (Å²) in [6.07, 6.45) is 1.63. The molecule has 65 heavy (non-hydrogen) atoms. The van der Waals surface area contributed by atoms with Gasteiger partial charge in [0.2, 0.25) is 0 Å². The highest BCUT2D eigenvalue weighted by atomic mass is 16.5. The van der Waals surface area contributed by atoms with Crippen molar-refractivity contribution in [2.45, 2.75) is 26.7 Å². The Kier molecular flexibility index (Phi) is 11.7. The van der Waals surface area contributed by atoms with Gasteiger partial charge in [-0.2, -0.15) is 0 Å². The Morgan fingerprint density at radius 3 is 0.877 bits per heavy atom. The number of hydrogen-bond acceptors (Lipinski definition) is 5. The van der Waals surface area contributed by atoms with Crippen LogP contribution in [0.5, 0.6) is 11.5 Å². The highest BCUT2D eigenvalue weighted by molar-refractivity contribution is 5.80. The first-order valence-electron chi connectivity index (χ1n) is 22.2. The molecule has 10 aromatic rings.